The summed E-state index contributed by atoms with van der Waals surface area (Å²) in [7, 11) is 1.48. The number of phenolic OH excluding ortho intramolecular Hbond substituents is 1. The highest BCUT2D eigenvalue weighted by Gasteiger charge is 2.13. The summed E-state index contributed by atoms with van der Waals surface area (Å²) in [5.74, 6) is 0.206. The van der Waals surface area contributed by atoms with Gasteiger partial charge in [0.25, 0.3) is 5.91 Å². The molecule has 1 aromatic heterocycles. The fourth-order valence-electron chi connectivity index (χ4n) is 2.24. The van der Waals surface area contributed by atoms with E-state index in [-0.39, 0.29) is 11.7 Å². The van der Waals surface area contributed by atoms with Gasteiger partial charge in [-0.3, -0.25) is 4.79 Å². The molecule has 5 nitrogen and oxygen atoms in total. The average molecular weight is 375 g/mol. The summed E-state index contributed by atoms with van der Waals surface area (Å²) in [6.45, 7) is 0.314. The maximum Gasteiger partial charge on any atom is 0.263 e. The maximum atomic E-state index is 12.3. The summed E-state index contributed by atoms with van der Waals surface area (Å²) >= 11 is 7.45. The minimum absolute atomic E-state index is 0.0596. The normalized spacial score (nSPS) is 10.5. The van der Waals surface area contributed by atoms with Gasteiger partial charge in [0.15, 0.2) is 11.5 Å². The van der Waals surface area contributed by atoms with Crippen molar-refractivity contribution in [3.8, 4) is 22.1 Å². The number of carbonyl (C=O) groups is 1. The molecular weight excluding hydrogens is 360 g/mol. The molecule has 7 heteroatoms. The molecule has 0 saturated heterocycles. The molecule has 0 saturated carbocycles. The van der Waals surface area contributed by atoms with Crippen LogP contribution in [0.2, 0.25) is 5.02 Å². The molecule has 0 unspecified atom stereocenters. The molecule has 0 radical (unpaired) electrons. The molecule has 1 amide bonds. The zero-order valence-electron chi connectivity index (χ0n) is 13.3. The third-order valence-electron chi connectivity index (χ3n) is 3.53. The SMILES string of the molecule is COc1cc(CNC(=O)c2cnc(-c3ccccc3Cl)s2)ccc1O. The second-order valence-corrected chi connectivity index (χ2v) is 6.64. The van der Waals surface area contributed by atoms with Crippen molar-refractivity contribution in [2.75, 3.05) is 7.11 Å². The molecule has 0 aliphatic carbocycles. The van der Waals surface area contributed by atoms with E-state index >= 15 is 0 Å². The number of ether oxygens (including phenoxy) is 1. The molecular formula is C18H15ClN2O3S. The summed E-state index contributed by atoms with van der Waals surface area (Å²) in [5.41, 5.74) is 1.62. The van der Waals surface area contributed by atoms with E-state index in [9.17, 15) is 9.90 Å². The van der Waals surface area contributed by atoms with Crippen LogP contribution in [-0.4, -0.2) is 23.1 Å². The molecule has 3 aromatic rings. The van der Waals surface area contributed by atoms with E-state index in [4.69, 9.17) is 16.3 Å². The standard InChI is InChI=1S/C18H15ClN2O3S/c1-24-15-8-11(6-7-14(15)22)9-20-17(23)16-10-21-18(25-16)12-4-2-3-5-13(12)19/h2-8,10,22H,9H2,1H3,(H,20,23). The minimum atomic E-state index is -0.220. The van der Waals surface area contributed by atoms with Gasteiger partial charge in [-0.25, -0.2) is 4.98 Å². The molecule has 0 spiro atoms. The number of amides is 1. The van der Waals surface area contributed by atoms with Gasteiger partial charge >= 0.3 is 0 Å². The Balaban J connectivity index is 1.69. The summed E-state index contributed by atoms with van der Waals surface area (Å²) in [6.07, 6.45) is 1.54. The smallest absolute Gasteiger partial charge is 0.263 e. The number of nitrogens with zero attached hydrogens (tertiary/aromatic N) is 1. The number of rotatable bonds is 5. The molecule has 0 fully saturated rings. The number of aromatic hydroxyl groups is 1. The minimum Gasteiger partial charge on any atom is -0.504 e. The Hall–Kier alpha value is -2.57. The van der Waals surface area contributed by atoms with E-state index in [1.54, 1.807) is 18.2 Å². The van der Waals surface area contributed by atoms with E-state index in [0.717, 1.165) is 11.1 Å². The Kier molecular flexibility index (Phi) is 5.21. The molecule has 128 valence electrons. The van der Waals surface area contributed by atoms with E-state index in [1.165, 1.54) is 30.7 Å². The Morgan fingerprint density at radius 1 is 1.32 bits per heavy atom. The van der Waals surface area contributed by atoms with Crippen molar-refractivity contribution in [3.05, 3.63) is 64.1 Å². The highest BCUT2D eigenvalue weighted by molar-refractivity contribution is 7.17. The average Bonchev–Trinajstić information content (AvgIpc) is 3.11. The van der Waals surface area contributed by atoms with Gasteiger partial charge in [-0.15, -0.1) is 11.3 Å². The summed E-state index contributed by atoms with van der Waals surface area (Å²) in [4.78, 5) is 17.1. The predicted molar refractivity (Wildman–Crippen MR) is 98.4 cm³/mol. The monoisotopic (exact) mass is 374 g/mol. The lowest BCUT2D eigenvalue weighted by Gasteiger charge is -2.07. The Morgan fingerprint density at radius 3 is 2.88 bits per heavy atom. The molecule has 0 aliphatic heterocycles. The summed E-state index contributed by atoms with van der Waals surface area (Å²) in [6, 6.07) is 12.3. The van der Waals surface area contributed by atoms with E-state index in [2.05, 4.69) is 10.3 Å². The van der Waals surface area contributed by atoms with Crippen LogP contribution in [0.1, 0.15) is 15.2 Å². The zero-order chi connectivity index (χ0) is 17.8. The van der Waals surface area contributed by atoms with Gasteiger partial charge in [-0.05, 0) is 23.8 Å². The van der Waals surface area contributed by atoms with Gasteiger partial charge in [0.1, 0.15) is 9.88 Å². The number of nitrogens with one attached hydrogen (secondary N) is 1. The number of phenols is 1. The first-order valence-corrected chi connectivity index (χ1v) is 8.62. The lowest BCUT2D eigenvalue weighted by Crippen LogP contribution is -2.21. The molecule has 2 N–H and O–H groups in total. The van der Waals surface area contributed by atoms with Crippen LogP contribution in [0.5, 0.6) is 11.5 Å². The molecule has 0 aliphatic rings. The van der Waals surface area contributed by atoms with E-state index in [0.29, 0.717) is 27.2 Å². The number of benzene rings is 2. The number of hydrogen-bond donors (Lipinski definition) is 2. The van der Waals surface area contributed by atoms with Crippen LogP contribution in [0.3, 0.4) is 0 Å². The maximum absolute atomic E-state index is 12.3. The van der Waals surface area contributed by atoms with Gasteiger partial charge in [0, 0.05) is 12.1 Å². The zero-order valence-corrected chi connectivity index (χ0v) is 14.9. The van der Waals surface area contributed by atoms with Crippen molar-refractivity contribution in [2.24, 2.45) is 0 Å². The molecule has 2 aromatic carbocycles. The Morgan fingerprint density at radius 2 is 2.12 bits per heavy atom. The fourth-order valence-corrected chi connectivity index (χ4v) is 3.39. The van der Waals surface area contributed by atoms with E-state index in [1.807, 2.05) is 18.2 Å². The first-order chi connectivity index (χ1) is 12.1. The van der Waals surface area contributed by atoms with Crippen LogP contribution in [0.15, 0.2) is 48.7 Å². The number of carbonyl (C=O) groups excluding carboxylic acids is 1. The summed E-state index contributed by atoms with van der Waals surface area (Å²) in [5, 5.41) is 13.7. The van der Waals surface area contributed by atoms with Crippen molar-refractivity contribution in [3.63, 3.8) is 0 Å². The van der Waals surface area contributed by atoms with Crippen molar-refractivity contribution < 1.29 is 14.6 Å². The molecule has 0 atom stereocenters. The van der Waals surface area contributed by atoms with Crippen molar-refractivity contribution in [1.82, 2.24) is 10.3 Å². The van der Waals surface area contributed by atoms with Gasteiger partial charge in [0.05, 0.1) is 18.3 Å². The Bertz CT molecular complexity index is 911. The van der Waals surface area contributed by atoms with Gasteiger partial charge in [-0.1, -0.05) is 35.9 Å². The van der Waals surface area contributed by atoms with Crippen LogP contribution in [0.4, 0.5) is 0 Å². The lowest BCUT2D eigenvalue weighted by atomic mass is 10.2. The number of halogens is 1. The van der Waals surface area contributed by atoms with Crippen molar-refractivity contribution >= 4 is 28.8 Å². The molecule has 3 rings (SSSR count). The third kappa shape index (κ3) is 3.92. The number of hydrogen-bond acceptors (Lipinski definition) is 5. The first-order valence-electron chi connectivity index (χ1n) is 7.43. The molecule has 25 heavy (non-hydrogen) atoms. The van der Waals surface area contributed by atoms with E-state index < -0.39 is 0 Å². The number of methoxy groups -OCH3 is 1. The van der Waals surface area contributed by atoms with Crippen LogP contribution in [-0.2, 0) is 6.54 Å². The van der Waals surface area contributed by atoms with Crippen LogP contribution >= 0.6 is 22.9 Å². The van der Waals surface area contributed by atoms with Crippen LogP contribution in [0, 0.1) is 0 Å². The molecule has 0 bridgehead atoms. The molecule has 1 heterocycles. The van der Waals surface area contributed by atoms with Crippen molar-refractivity contribution in [2.45, 2.75) is 6.54 Å². The van der Waals surface area contributed by atoms with Gasteiger partial charge in [-0.2, -0.15) is 0 Å². The van der Waals surface area contributed by atoms with Gasteiger partial charge < -0.3 is 15.2 Å². The Labute approximate surface area is 153 Å². The van der Waals surface area contributed by atoms with Crippen LogP contribution in [0.25, 0.3) is 10.6 Å². The highest BCUT2D eigenvalue weighted by atomic mass is 35.5. The predicted octanol–water partition coefficient (Wildman–Crippen LogP) is 4.11. The lowest BCUT2D eigenvalue weighted by molar-refractivity contribution is 0.0954. The fraction of sp³-hybridized carbons (Fsp3) is 0.111. The third-order valence-corrected chi connectivity index (χ3v) is 4.89. The largest absolute Gasteiger partial charge is 0.504 e. The highest BCUT2D eigenvalue weighted by Crippen LogP contribution is 2.31. The van der Waals surface area contributed by atoms with Gasteiger partial charge in [0.2, 0.25) is 0 Å². The quantitative estimate of drug-likeness (QED) is 0.705. The second kappa shape index (κ2) is 7.55. The van der Waals surface area contributed by atoms with Crippen molar-refractivity contribution in [1.29, 1.82) is 0 Å². The number of aromatic nitrogens is 1. The topological polar surface area (TPSA) is 71.5 Å². The van der Waals surface area contributed by atoms with Crippen LogP contribution < -0.4 is 10.1 Å². The second-order valence-electron chi connectivity index (χ2n) is 5.20. The number of thiazole rings is 1. The first kappa shape index (κ1) is 17.3. The summed E-state index contributed by atoms with van der Waals surface area (Å²) < 4.78 is 5.06.